The summed E-state index contributed by atoms with van der Waals surface area (Å²) in [7, 11) is 0. The molecule has 0 aliphatic heterocycles. The maximum Gasteiger partial charge on any atom is 0.0592 e. The number of benzene rings is 1. The summed E-state index contributed by atoms with van der Waals surface area (Å²) >= 11 is 10.0. The van der Waals surface area contributed by atoms with E-state index in [1.165, 1.54) is 19.2 Å². The molecule has 0 atom stereocenters. The van der Waals surface area contributed by atoms with Crippen molar-refractivity contribution in [3.63, 3.8) is 0 Å². The zero-order valence-corrected chi connectivity index (χ0v) is 10.1. The van der Waals surface area contributed by atoms with Gasteiger partial charge in [0.25, 0.3) is 0 Å². The molecule has 0 fully saturated rings. The van der Waals surface area contributed by atoms with Gasteiger partial charge in [-0.25, -0.2) is 0 Å². The van der Waals surface area contributed by atoms with Gasteiger partial charge in [-0.05, 0) is 47.2 Å². The molecule has 0 unspecified atom stereocenters. The molecule has 0 aliphatic carbocycles. The van der Waals surface area contributed by atoms with Crippen LogP contribution in [0.1, 0.15) is 5.56 Å². The minimum absolute atomic E-state index is 0.868. The predicted octanol–water partition coefficient (Wildman–Crippen LogP) is 4.47. The highest BCUT2D eigenvalue weighted by molar-refractivity contribution is 14.1. The Bertz CT molecular complexity index is 433. The van der Waals surface area contributed by atoms with Gasteiger partial charge in [0.05, 0.1) is 5.02 Å². The van der Waals surface area contributed by atoms with Crippen LogP contribution in [0.2, 0.25) is 5.02 Å². The third kappa shape index (κ3) is 1.36. The molecule has 0 radical (unpaired) electrons. The zero-order chi connectivity index (χ0) is 8.72. The lowest BCUT2D eigenvalue weighted by molar-refractivity contribution is 1.47. The van der Waals surface area contributed by atoms with Crippen LogP contribution in [0.15, 0.2) is 17.5 Å². The average Bonchev–Trinajstić information content (AvgIpc) is 2.35. The van der Waals surface area contributed by atoms with Gasteiger partial charge in [0.2, 0.25) is 0 Å². The van der Waals surface area contributed by atoms with Crippen LogP contribution in [-0.4, -0.2) is 0 Å². The van der Waals surface area contributed by atoms with Crippen molar-refractivity contribution in [3.8, 4) is 0 Å². The molecule has 0 N–H and O–H groups in total. The largest absolute Gasteiger partial charge is 0.142 e. The van der Waals surface area contributed by atoms with Crippen LogP contribution in [0.25, 0.3) is 10.1 Å². The number of rotatable bonds is 0. The molecule has 62 valence electrons. The maximum atomic E-state index is 6.00. The Hall–Kier alpha value is 0.200. The molecular weight excluding hydrogens is 303 g/mol. The Morgan fingerprint density at radius 2 is 2.17 bits per heavy atom. The van der Waals surface area contributed by atoms with Gasteiger partial charge < -0.3 is 0 Å². The Balaban J connectivity index is 2.87. The highest BCUT2D eigenvalue weighted by atomic mass is 127. The maximum absolute atomic E-state index is 6.00. The molecule has 0 amide bonds. The topological polar surface area (TPSA) is 0 Å². The molecular formula is C9H6ClIS. The van der Waals surface area contributed by atoms with E-state index >= 15 is 0 Å². The van der Waals surface area contributed by atoms with Crippen molar-refractivity contribution >= 4 is 55.6 Å². The quantitative estimate of drug-likeness (QED) is 0.630. The first kappa shape index (κ1) is 8.78. The van der Waals surface area contributed by atoms with E-state index in [-0.39, 0.29) is 0 Å². The SMILES string of the molecule is Cc1cc2scc(Cl)c2cc1I. The fourth-order valence-corrected chi connectivity index (χ4v) is 2.83. The highest BCUT2D eigenvalue weighted by Gasteiger charge is 2.03. The minimum Gasteiger partial charge on any atom is -0.142 e. The normalized spacial score (nSPS) is 10.9. The van der Waals surface area contributed by atoms with Gasteiger partial charge in [0.1, 0.15) is 0 Å². The third-order valence-corrected chi connectivity index (χ3v) is 4.36. The van der Waals surface area contributed by atoms with Crippen LogP contribution in [0.3, 0.4) is 0 Å². The van der Waals surface area contributed by atoms with Crippen LogP contribution < -0.4 is 0 Å². The summed E-state index contributed by atoms with van der Waals surface area (Å²) in [5.74, 6) is 0. The van der Waals surface area contributed by atoms with E-state index in [2.05, 4.69) is 41.6 Å². The molecule has 0 nitrogen and oxygen atoms in total. The molecule has 0 aliphatic rings. The third-order valence-electron chi connectivity index (χ3n) is 1.81. The number of fused-ring (bicyclic) bond motifs is 1. The Kier molecular flexibility index (Phi) is 2.31. The van der Waals surface area contributed by atoms with Crippen LogP contribution in [-0.2, 0) is 0 Å². The molecule has 1 aromatic heterocycles. The zero-order valence-electron chi connectivity index (χ0n) is 6.40. The number of hydrogen-bond donors (Lipinski definition) is 0. The summed E-state index contributed by atoms with van der Waals surface area (Å²) in [4.78, 5) is 0. The first-order valence-electron chi connectivity index (χ1n) is 3.51. The molecule has 1 aromatic carbocycles. The van der Waals surface area contributed by atoms with Crippen LogP contribution >= 0.6 is 45.5 Å². The molecule has 0 saturated heterocycles. The first-order chi connectivity index (χ1) is 5.68. The lowest BCUT2D eigenvalue weighted by Gasteiger charge is -1.97. The van der Waals surface area contributed by atoms with Gasteiger partial charge in [-0.15, -0.1) is 11.3 Å². The number of aryl methyl sites for hydroxylation is 1. The summed E-state index contributed by atoms with van der Waals surface area (Å²) in [5, 5.41) is 4.03. The smallest absolute Gasteiger partial charge is 0.0592 e. The fourth-order valence-electron chi connectivity index (χ4n) is 1.12. The van der Waals surface area contributed by atoms with Crippen LogP contribution in [0, 0.1) is 10.5 Å². The first-order valence-corrected chi connectivity index (χ1v) is 5.85. The predicted molar refractivity (Wildman–Crippen MR) is 64.3 cm³/mol. The van der Waals surface area contributed by atoms with Crippen LogP contribution in [0.4, 0.5) is 0 Å². The molecule has 1 heterocycles. The van der Waals surface area contributed by atoms with Gasteiger partial charge in [0.15, 0.2) is 0 Å². The lowest BCUT2D eigenvalue weighted by Crippen LogP contribution is -1.77. The van der Waals surface area contributed by atoms with Gasteiger partial charge in [-0.2, -0.15) is 0 Å². The second kappa shape index (κ2) is 3.16. The van der Waals surface area contributed by atoms with Crippen molar-refractivity contribution in [2.24, 2.45) is 0 Å². The average molecular weight is 309 g/mol. The summed E-state index contributed by atoms with van der Waals surface area (Å²) in [6.45, 7) is 2.12. The Labute approximate surface area is 93.7 Å². The van der Waals surface area contributed by atoms with E-state index in [0.29, 0.717) is 0 Å². The minimum atomic E-state index is 0.868. The molecule has 0 saturated carbocycles. The standard InChI is InChI=1S/C9H6ClIS/c1-5-2-9-6(3-8(5)11)7(10)4-12-9/h2-4H,1H3. The van der Waals surface area contributed by atoms with Gasteiger partial charge in [-0.1, -0.05) is 11.6 Å². The Morgan fingerprint density at radius 3 is 2.92 bits per heavy atom. The second-order valence-corrected chi connectivity index (χ2v) is 5.16. The van der Waals surface area contributed by atoms with Gasteiger partial charge in [-0.3, -0.25) is 0 Å². The van der Waals surface area contributed by atoms with E-state index in [1.54, 1.807) is 11.3 Å². The van der Waals surface area contributed by atoms with Crippen molar-refractivity contribution in [2.75, 3.05) is 0 Å². The van der Waals surface area contributed by atoms with E-state index in [0.717, 1.165) is 5.02 Å². The van der Waals surface area contributed by atoms with E-state index < -0.39 is 0 Å². The molecule has 0 bridgehead atoms. The summed E-state index contributed by atoms with van der Waals surface area (Å²) in [6.07, 6.45) is 0. The van der Waals surface area contributed by atoms with Crippen LogP contribution in [0.5, 0.6) is 0 Å². The highest BCUT2D eigenvalue weighted by Crippen LogP contribution is 2.32. The van der Waals surface area contributed by atoms with Crippen molar-refractivity contribution in [2.45, 2.75) is 6.92 Å². The summed E-state index contributed by atoms with van der Waals surface area (Å²) in [6, 6.07) is 4.33. The molecule has 2 rings (SSSR count). The molecule has 3 heteroatoms. The van der Waals surface area contributed by atoms with E-state index in [4.69, 9.17) is 11.6 Å². The van der Waals surface area contributed by atoms with E-state index in [9.17, 15) is 0 Å². The lowest BCUT2D eigenvalue weighted by atomic mass is 10.2. The van der Waals surface area contributed by atoms with Crippen molar-refractivity contribution in [1.29, 1.82) is 0 Å². The van der Waals surface area contributed by atoms with Gasteiger partial charge >= 0.3 is 0 Å². The summed E-state index contributed by atoms with van der Waals surface area (Å²) < 4.78 is 2.55. The molecule has 12 heavy (non-hydrogen) atoms. The second-order valence-electron chi connectivity index (χ2n) is 2.68. The number of halogens is 2. The monoisotopic (exact) mass is 308 g/mol. The summed E-state index contributed by atoms with van der Waals surface area (Å²) in [5.41, 5.74) is 1.32. The van der Waals surface area contributed by atoms with Crippen molar-refractivity contribution < 1.29 is 0 Å². The van der Waals surface area contributed by atoms with Crippen molar-refractivity contribution in [1.82, 2.24) is 0 Å². The molecule has 0 spiro atoms. The number of hydrogen-bond acceptors (Lipinski definition) is 1. The number of thiophene rings is 1. The van der Waals surface area contributed by atoms with Gasteiger partial charge in [0, 0.05) is 19.0 Å². The van der Waals surface area contributed by atoms with E-state index in [1.807, 2.05) is 5.38 Å². The fraction of sp³-hybridized carbons (Fsp3) is 0.111. The Morgan fingerprint density at radius 1 is 1.42 bits per heavy atom. The van der Waals surface area contributed by atoms with Crippen molar-refractivity contribution in [3.05, 3.63) is 31.7 Å². The molecule has 2 aromatic rings.